The lowest BCUT2D eigenvalue weighted by atomic mass is 9.95. The Kier molecular flexibility index (Phi) is 6.36. The molecule has 2 N–H and O–H groups in total. The van der Waals surface area contributed by atoms with Crippen molar-refractivity contribution in [3.8, 4) is 5.75 Å². The summed E-state index contributed by atoms with van der Waals surface area (Å²) in [5.74, 6) is 1.59. The van der Waals surface area contributed by atoms with E-state index in [0.717, 1.165) is 31.6 Å². The Balaban J connectivity index is 2.62. The van der Waals surface area contributed by atoms with Crippen molar-refractivity contribution in [2.75, 3.05) is 6.61 Å². The number of hydrogen-bond donors (Lipinski definition) is 1. The molecule has 2 nitrogen and oxygen atoms in total. The zero-order valence-electron chi connectivity index (χ0n) is 13.1. The van der Waals surface area contributed by atoms with Crippen LogP contribution in [-0.4, -0.2) is 12.6 Å². The van der Waals surface area contributed by atoms with E-state index in [0.29, 0.717) is 12.0 Å². The number of aryl methyl sites for hydroxylation is 3. The van der Waals surface area contributed by atoms with E-state index >= 15 is 0 Å². The van der Waals surface area contributed by atoms with Gasteiger partial charge in [0, 0.05) is 6.04 Å². The van der Waals surface area contributed by atoms with Crippen molar-refractivity contribution in [2.24, 2.45) is 11.7 Å². The summed E-state index contributed by atoms with van der Waals surface area (Å²) in [5.41, 5.74) is 10.1. The summed E-state index contributed by atoms with van der Waals surface area (Å²) >= 11 is 0. The van der Waals surface area contributed by atoms with Gasteiger partial charge < -0.3 is 10.5 Å². The molecule has 0 bridgehead atoms. The summed E-state index contributed by atoms with van der Waals surface area (Å²) in [4.78, 5) is 0. The molecule has 0 heterocycles. The first-order valence-electron chi connectivity index (χ1n) is 7.44. The van der Waals surface area contributed by atoms with Gasteiger partial charge in [-0.05, 0) is 68.7 Å². The zero-order valence-corrected chi connectivity index (χ0v) is 13.1. The predicted octanol–water partition coefficient (Wildman–Crippen LogP) is 4.01. The molecule has 0 aliphatic rings. The Morgan fingerprint density at radius 3 is 2.42 bits per heavy atom. The molecule has 0 aliphatic heterocycles. The monoisotopic (exact) mass is 263 g/mol. The van der Waals surface area contributed by atoms with Crippen molar-refractivity contribution < 1.29 is 4.74 Å². The van der Waals surface area contributed by atoms with Crippen molar-refractivity contribution in [1.29, 1.82) is 0 Å². The second kappa shape index (κ2) is 7.54. The molecule has 2 heteroatoms. The molecule has 0 saturated carbocycles. The summed E-state index contributed by atoms with van der Waals surface area (Å²) in [6.07, 6.45) is 3.37. The van der Waals surface area contributed by atoms with E-state index in [2.05, 4.69) is 39.8 Å². The average Bonchev–Trinajstić information content (AvgIpc) is 2.35. The highest BCUT2D eigenvalue weighted by molar-refractivity contribution is 5.41. The summed E-state index contributed by atoms with van der Waals surface area (Å²) in [7, 11) is 0. The van der Waals surface area contributed by atoms with Crippen LogP contribution in [0.4, 0.5) is 0 Å². The van der Waals surface area contributed by atoms with Crippen LogP contribution in [0, 0.1) is 19.8 Å². The molecule has 1 aromatic rings. The maximum absolute atomic E-state index is 6.09. The number of benzene rings is 1. The topological polar surface area (TPSA) is 35.2 Å². The molecule has 1 rings (SSSR count). The summed E-state index contributed by atoms with van der Waals surface area (Å²) in [6.45, 7) is 11.4. The minimum Gasteiger partial charge on any atom is -0.494 e. The van der Waals surface area contributed by atoms with Crippen LogP contribution >= 0.6 is 0 Å². The first-order chi connectivity index (χ1) is 8.95. The molecule has 0 aromatic heterocycles. The van der Waals surface area contributed by atoms with E-state index in [1.54, 1.807) is 0 Å². The lowest BCUT2D eigenvalue weighted by molar-refractivity contribution is 0.337. The van der Waals surface area contributed by atoms with Crippen LogP contribution in [0.5, 0.6) is 5.75 Å². The van der Waals surface area contributed by atoms with Gasteiger partial charge in [0.1, 0.15) is 5.75 Å². The number of nitrogens with two attached hydrogens (primary N) is 1. The standard InChI is InChI=1S/C17H29NO/c1-6-19-17-11-13(4)15(10-14(17)5)8-7-9-16(18)12(2)3/h10-12,16H,6-9,18H2,1-5H3. The van der Waals surface area contributed by atoms with Gasteiger partial charge in [-0.15, -0.1) is 0 Å². The highest BCUT2D eigenvalue weighted by Crippen LogP contribution is 2.24. The molecule has 0 saturated heterocycles. The van der Waals surface area contributed by atoms with E-state index in [1.807, 2.05) is 6.92 Å². The van der Waals surface area contributed by atoms with Crippen molar-refractivity contribution >= 4 is 0 Å². The smallest absolute Gasteiger partial charge is 0.122 e. The third kappa shape index (κ3) is 4.87. The molecule has 0 aliphatic carbocycles. The van der Waals surface area contributed by atoms with Crippen molar-refractivity contribution in [3.63, 3.8) is 0 Å². The summed E-state index contributed by atoms with van der Waals surface area (Å²) in [6, 6.07) is 4.75. The van der Waals surface area contributed by atoms with Crippen LogP contribution in [0.2, 0.25) is 0 Å². The highest BCUT2D eigenvalue weighted by atomic mass is 16.5. The fourth-order valence-electron chi connectivity index (χ4n) is 2.29. The fraction of sp³-hybridized carbons (Fsp3) is 0.647. The molecule has 1 atom stereocenters. The van der Waals surface area contributed by atoms with Gasteiger partial charge in [0.15, 0.2) is 0 Å². The average molecular weight is 263 g/mol. The molecular weight excluding hydrogens is 234 g/mol. The largest absolute Gasteiger partial charge is 0.494 e. The van der Waals surface area contributed by atoms with Gasteiger partial charge in [-0.2, -0.15) is 0 Å². The van der Waals surface area contributed by atoms with Crippen LogP contribution in [0.15, 0.2) is 12.1 Å². The van der Waals surface area contributed by atoms with Gasteiger partial charge in [-0.25, -0.2) is 0 Å². The predicted molar refractivity (Wildman–Crippen MR) is 82.8 cm³/mol. The Hall–Kier alpha value is -1.02. The van der Waals surface area contributed by atoms with Gasteiger partial charge in [0.25, 0.3) is 0 Å². The quantitative estimate of drug-likeness (QED) is 0.806. The minimum absolute atomic E-state index is 0.323. The second-order valence-electron chi connectivity index (χ2n) is 5.78. The Labute approximate surface area is 118 Å². The molecule has 108 valence electrons. The van der Waals surface area contributed by atoms with Gasteiger partial charge in [0.05, 0.1) is 6.61 Å². The lowest BCUT2D eigenvalue weighted by Gasteiger charge is -2.16. The Bertz CT molecular complexity index is 398. The van der Waals surface area contributed by atoms with Crippen molar-refractivity contribution in [3.05, 3.63) is 28.8 Å². The molecule has 0 fully saturated rings. The molecule has 1 aromatic carbocycles. The van der Waals surface area contributed by atoms with Gasteiger partial charge in [-0.1, -0.05) is 19.9 Å². The molecule has 19 heavy (non-hydrogen) atoms. The SMILES string of the molecule is CCOc1cc(C)c(CCCC(N)C(C)C)cc1C. The summed E-state index contributed by atoms with van der Waals surface area (Å²) in [5, 5.41) is 0. The van der Waals surface area contributed by atoms with Gasteiger partial charge >= 0.3 is 0 Å². The maximum atomic E-state index is 6.09. The number of rotatable bonds is 7. The van der Waals surface area contributed by atoms with E-state index in [9.17, 15) is 0 Å². The Morgan fingerprint density at radius 2 is 1.84 bits per heavy atom. The zero-order chi connectivity index (χ0) is 14.4. The van der Waals surface area contributed by atoms with E-state index in [-0.39, 0.29) is 0 Å². The normalized spacial score (nSPS) is 12.8. The van der Waals surface area contributed by atoms with Crippen LogP contribution in [0.1, 0.15) is 50.3 Å². The fourth-order valence-corrected chi connectivity index (χ4v) is 2.29. The third-order valence-corrected chi connectivity index (χ3v) is 3.77. The van der Waals surface area contributed by atoms with Crippen LogP contribution < -0.4 is 10.5 Å². The highest BCUT2D eigenvalue weighted by Gasteiger charge is 2.09. The van der Waals surface area contributed by atoms with Crippen LogP contribution in [0.3, 0.4) is 0 Å². The second-order valence-corrected chi connectivity index (χ2v) is 5.78. The van der Waals surface area contributed by atoms with Crippen molar-refractivity contribution in [2.45, 2.75) is 59.9 Å². The van der Waals surface area contributed by atoms with Crippen LogP contribution in [-0.2, 0) is 6.42 Å². The first kappa shape index (κ1) is 16.0. The van der Waals surface area contributed by atoms with Gasteiger partial charge in [-0.3, -0.25) is 0 Å². The van der Waals surface area contributed by atoms with Crippen LogP contribution in [0.25, 0.3) is 0 Å². The molecule has 0 spiro atoms. The molecule has 0 radical (unpaired) electrons. The molecule has 0 amide bonds. The molecular formula is C17H29NO. The Morgan fingerprint density at radius 1 is 1.16 bits per heavy atom. The van der Waals surface area contributed by atoms with E-state index < -0.39 is 0 Å². The first-order valence-corrected chi connectivity index (χ1v) is 7.44. The number of ether oxygens (including phenoxy) is 1. The number of hydrogen-bond acceptors (Lipinski definition) is 2. The lowest BCUT2D eigenvalue weighted by Crippen LogP contribution is -2.26. The molecule has 1 unspecified atom stereocenters. The van der Waals surface area contributed by atoms with E-state index in [1.165, 1.54) is 16.7 Å². The van der Waals surface area contributed by atoms with Gasteiger partial charge in [0.2, 0.25) is 0 Å². The van der Waals surface area contributed by atoms with E-state index in [4.69, 9.17) is 10.5 Å². The summed E-state index contributed by atoms with van der Waals surface area (Å²) < 4.78 is 5.63. The maximum Gasteiger partial charge on any atom is 0.122 e. The van der Waals surface area contributed by atoms with Crippen molar-refractivity contribution in [1.82, 2.24) is 0 Å². The minimum atomic E-state index is 0.323. The third-order valence-electron chi connectivity index (χ3n) is 3.77.